The molecule has 0 aliphatic carbocycles. The lowest BCUT2D eigenvalue weighted by Crippen LogP contribution is -2.10. The second kappa shape index (κ2) is 6.47. The second-order valence-corrected chi connectivity index (χ2v) is 4.72. The van der Waals surface area contributed by atoms with Crippen molar-refractivity contribution in [1.29, 1.82) is 10.5 Å². The van der Waals surface area contributed by atoms with Crippen molar-refractivity contribution >= 4 is 11.6 Å². The van der Waals surface area contributed by atoms with E-state index in [0.29, 0.717) is 12.0 Å². The SMILES string of the molecule is CC(C)CC(=O)CC(=O)c1ccc(C#N)c(C#N)c1. The summed E-state index contributed by atoms with van der Waals surface area (Å²) in [7, 11) is 0. The minimum atomic E-state index is -0.313. The lowest BCUT2D eigenvalue weighted by atomic mass is 9.98. The highest BCUT2D eigenvalue weighted by molar-refractivity contribution is 6.08. The Morgan fingerprint density at radius 2 is 1.79 bits per heavy atom. The number of carbonyl (C=O) groups excluding carboxylic acids is 2. The Labute approximate surface area is 112 Å². The van der Waals surface area contributed by atoms with Gasteiger partial charge in [0.2, 0.25) is 0 Å². The van der Waals surface area contributed by atoms with Crippen LogP contribution in [0.5, 0.6) is 0 Å². The van der Waals surface area contributed by atoms with E-state index in [9.17, 15) is 9.59 Å². The average Bonchev–Trinajstić information content (AvgIpc) is 2.36. The molecule has 0 heterocycles. The molecule has 4 nitrogen and oxygen atoms in total. The predicted octanol–water partition coefficient (Wildman–Crippen LogP) is 2.62. The van der Waals surface area contributed by atoms with Crippen LogP contribution in [0.1, 0.15) is 48.2 Å². The quantitative estimate of drug-likeness (QED) is 0.597. The van der Waals surface area contributed by atoms with Crippen molar-refractivity contribution in [2.24, 2.45) is 5.92 Å². The molecule has 0 atom stereocenters. The Hall–Kier alpha value is -2.46. The number of hydrogen-bond acceptors (Lipinski definition) is 4. The molecule has 4 heteroatoms. The van der Waals surface area contributed by atoms with Crippen LogP contribution in [0.25, 0.3) is 0 Å². The Balaban J connectivity index is 2.88. The van der Waals surface area contributed by atoms with Crippen molar-refractivity contribution in [3.05, 3.63) is 34.9 Å². The molecule has 0 amide bonds. The van der Waals surface area contributed by atoms with Gasteiger partial charge in [0.25, 0.3) is 0 Å². The third kappa shape index (κ3) is 4.04. The highest BCUT2D eigenvalue weighted by Gasteiger charge is 2.14. The first-order valence-electron chi connectivity index (χ1n) is 5.97. The van der Waals surface area contributed by atoms with Gasteiger partial charge in [0, 0.05) is 12.0 Å². The molecule has 96 valence electrons. The minimum absolute atomic E-state index is 0.108. The summed E-state index contributed by atoms with van der Waals surface area (Å²) in [6, 6.07) is 8.02. The first-order chi connectivity index (χ1) is 8.97. The van der Waals surface area contributed by atoms with Crippen LogP contribution in [0.2, 0.25) is 0 Å². The molecule has 0 saturated carbocycles. The monoisotopic (exact) mass is 254 g/mol. The van der Waals surface area contributed by atoms with Gasteiger partial charge in [-0.2, -0.15) is 10.5 Å². The molecule has 0 N–H and O–H groups in total. The van der Waals surface area contributed by atoms with Crippen molar-refractivity contribution in [3.8, 4) is 12.1 Å². The summed E-state index contributed by atoms with van der Waals surface area (Å²) < 4.78 is 0. The zero-order valence-electron chi connectivity index (χ0n) is 10.9. The van der Waals surface area contributed by atoms with E-state index in [-0.39, 0.29) is 35.0 Å². The van der Waals surface area contributed by atoms with E-state index in [0.717, 1.165) is 0 Å². The third-order valence-electron chi connectivity index (χ3n) is 2.58. The standard InChI is InChI=1S/C15H14N2O2/c1-10(2)5-14(18)7-15(19)11-3-4-12(8-16)13(6-11)9-17/h3-4,6,10H,5,7H2,1-2H3. The number of nitrogens with zero attached hydrogens (tertiary/aromatic N) is 2. The van der Waals surface area contributed by atoms with Gasteiger partial charge in [0.15, 0.2) is 5.78 Å². The van der Waals surface area contributed by atoms with Crippen LogP contribution in [0.15, 0.2) is 18.2 Å². The lowest BCUT2D eigenvalue weighted by Gasteiger charge is -2.04. The summed E-state index contributed by atoms with van der Waals surface area (Å²) in [5.41, 5.74) is 0.685. The van der Waals surface area contributed by atoms with Gasteiger partial charge >= 0.3 is 0 Å². The van der Waals surface area contributed by atoms with Crippen LogP contribution in [0, 0.1) is 28.6 Å². The van der Waals surface area contributed by atoms with Crippen molar-refractivity contribution in [3.63, 3.8) is 0 Å². The Morgan fingerprint density at radius 1 is 1.16 bits per heavy atom. The minimum Gasteiger partial charge on any atom is -0.299 e. The van der Waals surface area contributed by atoms with Gasteiger partial charge in [0.05, 0.1) is 17.5 Å². The topological polar surface area (TPSA) is 81.7 Å². The summed E-state index contributed by atoms with van der Waals surface area (Å²) >= 11 is 0. The maximum atomic E-state index is 11.9. The molecule has 0 aromatic heterocycles. The van der Waals surface area contributed by atoms with E-state index in [1.54, 1.807) is 0 Å². The predicted molar refractivity (Wildman–Crippen MR) is 69.3 cm³/mol. The van der Waals surface area contributed by atoms with Crippen LogP contribution < -0.4 is 0 Å². The number of benzene rings is 1. The summed E-state index contributed by atoms with van der Waals surface area (Å²) in [6.45, 7) is 3.83. The van der Waals surface area contributed by atoms with Crippen LogP contribution in [0.4, 0.5) is 0 Å². The van der Waals surface area contributed by atoms with E-state index < -0.39 is 0 Å². The maximum Gasteiger partial charge on any atom is 0.170 e. The third-order valence-corrected chi connectivity index (χ3v) is 2.58. The average molecular weight is 254 g/mol. The largest absolute Gasteiger partial charge is 0.299 e. The summed E-state index contributed by atoms with van der Waals surface area (Å²) in [5, 5.41) is 17.7. The van der Waals surface area contributed by atoms with Crippen LogP contribution in [-0.2, 0) is 4.79 Å². The number of nitriles is 2. The van der Waals surface area contributed by atoms with Gasteiger partial charge in [-0.15, -0.1) is 0 Å². The van der Waals surface area contributed by atoms with Crippen molar-refractivity contribution < 1.29 is 9.59 Å². The van der Waals surface area contributed by atoms with Crippen LogP contribution in [-0.4, -0.2) is 11.6 Å². The summed E-state index contributed by atoms with van der Waals surface area (Å²) in [4.78, 5) is 23.5. The lowest BCUT2D eigenvalue weighted by molar-refractivity contribution is -0.118. The van der Waals surface area contributed by atoms with Gasteiger partial charge in [-0.1, -0.05) is 13.8 Å². The Kier molecular flexibility index (Phi) is 4.97. The molecule has 0 fully saturated rings. The number of rotatable bonds is 5. The molecule has 1 aromatic carbocycles. The molecule has 19 heavy (non-hydrogen) atoms. The second-order valence-electron chi connectivity index (χ2n) is 4.72. The fourth-order valence-electron chi connectivity index (χ4n) is 1.72. The van der Waals surface area contributed by atoms with Gasteiger partial charge < -0.3 is 0 Å². The highest BCUT2D eigenvalue weighted by atomic mass is 16.1. The number of ketones is 2. The van der Waals surface area contributed by atoms with E-state index in [2.05, 4.69) is 0 Å². The van der Waals surface area contributed by atoms with Crippen molar-refractivity contribution in [1.82, 2.24) is 0 Å². The smallest absolute Gasteiger partial charge is 0.170 e. The van der Waals surface area contributed by atoms with Crippen LogP contribution >= 0.6 is 0 Å². The van der Waals surface area contributed by atoms with Gasteiger partial charge in [-0.05, 0) is 24.1 Å². The number of hydrogen-bond donors (Lipinski definition) is 0. The van der Waals surface area contributed by atoms with Crippen LogP contribution in [0.3, 0.4) is 0 Å². The molecule has 0 aliphatic rings. The molecule has 0 aliphatic heterocycles. The normalized spacial score (nSPS) is 9.74. The molecular formula is C15H14N2O2. The molecule has 0 bridgehead atoms. The van der Waals surface area contributed by atoms with E-state index in [1.807, 2.05) is 26.0 Å². The van der Waals surface area contributed by atoms with Crippen molar-refractivity contribution in [2.75, 3.05) is 0 Å². The molecule has 0 unspecified atom stereocenters. The zero-order chi connectivity index (χ0) is 14.4. The molecule has 0 radical (unpaired) electrons. The highest BCUT2D eigenvalue weighted by Crippen LogP contribution is 2.13. The molecule has 1 rings (SSSR count). The number of carbonyl (C=O) groups is 2. The molecule has 1 aromatic rings. The van der Waals surface area contributed by atoms with Gasteiger partial charge in [-0.25, -0.2) is 0 Å². The zero-order valence-corrected chi connectivity index (χ0v) is 10.9. The van der Waals surface area contributed by atoms with Crippen molar-refractivity contribution in [2.45, 2.75) is 26.7 Å². The Bertz CT molecular complexity index is 589. The first kappa shape index (κ1) is 14.6. The van der Waals surface area contributed by atoms with E-state index >= 15 is 0 Å². The molecule has 0 saturated heterocycles. The van der Waals surface area contributed by atoms with E-state index in [4.69, 9.17) is 10.5 Å². The molecular weight excluding hydrogens is 240 g/mol. The van der Waals surface area contributed by atoms with Gasteiger partial charge in [-0.3, -0.25) is 9.59 Å². The van der Waals surface area contributed by atoms with Gasteiger partial charge in [0.1, 0.15) is 17.9 Å². The maximum absolute atomic E-state index is 11.9. The Morgan fingerprint density at radius 3 is 2.32 bits per heavy atom. The fourth-order valence-corrected chi connectivity index (χ4v) is 1.72. The fraction of sp³-hybridized carbons (Fsp3) is 0.333. The number of Topliss-reactive ketones (excluding diaryl/α,β-unsaturated/α-hetero) is 2. The molecule has 0 spiro atoms. The summed E-state index contributed by atoms with van der Waals surface area (Å²) in [5.74, 6) is -0.203. The first-order valence-corrected chi connectivity index (χ1v) is 5.97. The summed E-state index contributed by atoms with van der Waals surface area (Å²) in [6.07, 6.45) is 0.210. The van der Waals surface area contributed by atoms with E-state index in [1.165, 1.54) is 18.2 Å².